The number of likely N-dealkylation sites (tertiary alicyclic amines) is 1. The Labute approximate surface area is 219 Å². The quantitative estimate of drug-likeness (QED) is 0.232. The summed E-state index contributed by atoms with van der Waals surface area (Å²) in [5, 5.41) is 0. The molecule has 0 saturated carbocycles. The lowest BCUT2D eigenvalue weighted by Gasteiger charge is -2.24. The maximum absolute atomic E-state index is 13.2. The Morgan fingerprint density at radius 2 is 1.97 bits per heavy atom. The van der Waals surface area contributed by atoms with E-state index in [9.17, 15) is 27.6 Å². The first-order valence-electron chi connectivity index (χ1n) is 13.2. The number of alkyl halides is 3. The zero-order valence-corrected chi connectivity index (χ0v) is 21.6. The van der Waals surface area contributed by atoms with Crippen molar-refractivity contribution in [2.75, 3.05) is 26.3 Å². The lowest BCUT2D eigenvalue weighted by molar-refractivity contribution is -0.156. The molecule has 9 nitrogen and oxygen atoms in total. The van der Waals surface area contributed by atoms with E-state index in [1.165, 1.54) is 25.7 Å². The molecule has 1 aromatic rings. The number of unbranched alkanes of at least 4 members (excludes halogenated alkanes) is 5. The molecule has 0 bridgehead atoms. The van der Waals surface area contributed by atoms with E-state index in [2.05, 4.69) is 17.7 Å². The van der Waals surface area contributed by atoms with Gasteiger partial charge in [0.25, 0.3) is 5.56 Å². The van der Waals surface area contributed by atoms with Gasteiger partial charge in [-0.1, -0.05) is 44.9 Å². The smallest absolute Gasteiger partial charge is 0.423 e. The number of H-pyrrole nitrogens is 1. The van der Waals surface area contributed by atoms with Crippen LogP contribution >= 0.6 is 0 Å². The van der Waals surface area contributed by atoms with Crippen LogP contribution in [0.3, 0.4) is 0 Å². The molecule has 0 aromatic carbocycles. The number of esters is 1. The normalized spacial score (nSPS) is 24.0. The Hall–Kier alpha value is -2.62. The van der Waals surface area contributed by atoms with Crippen LogP contribution in [0.2, 0.25) is 0 Å². The number of hydrogen-bond acceptors (Lipinski definition) is 7. The summed E-state index contributed by atoms with van der Waals surface area (Å²) in [5.74, 6) is 1.92. The van der Waals surface area contributed by atoms with Crippen LogP contribution in [0.1, 0.15) is 76.5 Å². The zero-order chi connectivity index (χ0) is 27.7. The molecule has 1 aromatic heterocycles. The van der Waals surface area contributed by atoms with Gasteiger partial charge < -0.3 is 14.2 Å². The minimum Gasteiger partial charge on any atom is -0.462 e. The van der Waals surface area contributed by atoms with Crippen LogP contribution in [0.25, 0.3) is 0 Å². The van der Waals surface area contributed by atoms with Crippen LogP contribution in [0.5, 0.6) is 0 Å². The molecule has 0 unspecified atom stereocenters. The third kappa shape index (κ3) is 7.94. The number of halogens is 3. The summed E-state index contributed by atoms with van der Waals surface area (Å²) in [7, 11) is 0. The van der Waals surface area contributed by atoms with Gasteiger partial charge in [0.1, 0.15) is 37.2 Å². The Morgan fingerprint density at radius 1 is 1.24 bits per heavy atom. The molecular weight excluding hydrogens is 507 g/mol. The van der Waals surface area contributed by atoms with E-state index in [1.54, 1.807) is 4.98 Å². The number of rotatable bonds is 13. The molecule has 2 aliphatic rings. The Morgan fingerprint density at radius 3 is 2.68 bits per heavy atom. The number of carbonyl (C=O) groups is 1. The summed E-state index contributed by atoms with van der Waals surface area (Å²) in [6, 6.07) is -0.357. The Balaban J connectivity index is 1.61. The summed E-state index contributed by atoms with van der Waals surface area (Å²) in [6.45, 7) is 3.50. The standard InChI is InChI=1S/C26H36F3N3O6/c1-3-5-6-7-8-9-12-31-13-10-11-19(31)24(34)37-17-21-20(36-14-4-2)15-22(38-21)32-16-18(26(27,28)29)23(33)30-25(32)35/h2,16,19-22H,3,5-15,17H2,1H3,(H,30,33,35)/t19-,20-,21+,22+/m0/s1. The monoisotopic (exact) mass is 543 g/mol. The van der Waals surface area contributed by atoms with Gasteiger partial charge in [-0.3, -0.25) is 24.0 Å². The maximum atomic E-state index is 13.2. The fourth-order valence-corrected chi connectivity index (χ4v) is 4.97. The minimum absolute atomic E-state index is 0.0271. The number of aromatic amines is 1. The van der Waals surface area contributed by atoms with E-state index in [4.69, 9.17) is 20.6 Å². The first kappa shape index (κ1) is 29.9. The van der Waals surface area contributed by atoms with E-state index in [0.717, 1.165) is 32.4 Å². The summed E-state index contributed by atoms with van der Waals surface area (Å²) < 4.78 is 57.2. The summed E-state index contributed by atoms with van der Waals surface area (Å²) >= 11 is 0. The topological polar surface area (TPSA) is 103 Å². The third-order valence-electron chi connectivity index (χ3n) is 6.97. The highest BCUT2D eigenvalue weighted by Gasteiger charge is 2.41. The highest BCUT2D eigenvalue weighted by Crippen LogP contribution is 2.32. The van der Waals surface area contributed by atoms with Crippen molar-refractivity contribution in [1.29, 1.82) is 0 Å². The molecule has 3 rings (SSSR count). The first-order chi connectivity index (χ1) is 18.2. The molecule has 4 atom stereocenters. The van der Waals surface area contributed by atoms with Crippen molar-refractivity contribution in [3.63, 3.8) is 0 Å². The van der Waals surface area contributed by atoms with E-state index in [0.29, 0.717) is 17.2 Å². The lowest BCUT2D eigenvalue weighted by Crippen LogP contribution is -2.40. The predicted octanol–water partition coefficient (Wildman–Crippen LogP) is 3.23. The van der Waals surface area contributed by atoms with Crippen LogP contribution in [0.15, 0.2) is 15.8 Å². The predicted molar refractivity (Wildman–Crippen MR) is 132 cm³/mol. The van der Waals surface area contributed by atoms with Gasteiger partial charge in [0.2, 0.25) is 0 Å². The highest BCUT2D eigenvalue weighted by atomic mass is 19.4. The molecule has 0 spiro atoms. The van der Waals surface area contributed by atoms with Crippen molar-refractivity contribution in [1.82, 2.24) is 14.5 Å². The van der Waals surface area contributed by atoms with Gasteiger partial charge in [-0.25, -0.2) is 4.79 Å². The molecule has 12 heteroatoms. The molecule has 1 N–H and O–H groups in total. The lowest BCUT2D eigenvalue weighted by atomic mass is 10.1. The number of ether oxygens (including phenoxy) is 3. The van der Waals surface area contributed by atoms with E-state index >= 15 is 0 Å². The summed E-state index contributed by atoms with van der Waals surface area (Å²) in [5.41, 5.74) is -4.12. The van der Waals surface area contributed by atoms with E-state index in [-0.39, 0.29) is 25.7 Å². The number of terminal acetylenes is 1. The fraction of sp³-hybridized carbons (Fsp3) is 0.731. The van der Waals surface area contributed by atoms with Gasteiger partial charge in [-0.2, -0.15) is 13.2 Å². The highest BCUT2D eigenvalue weighted by molar-refractivity contribution is 5.76. The van der Waals surface area contributed by atoms with Crippen molar-refractivity contribution in [3.05, 3.63) is 32.6 Å². The van der Waals surface area contributed by atoms with Gasteiger partial charge in [0, 0.05) is 12.6 Å². The largest absolute Gasteiger partial charge is 0.462 e. The van der Waals surface area contributed by atoms with Crippen molar-refractivity contribution >= 4 is 5.97 Å². The molecular formula is C26H36F3N3O6. The summed E-state index contributed by atoms with van der Waals surface area (Å²) in [4.78, 5) is 40.6. The molecule has 212 valence electrons. The van der Waals surface area contributed by atoms with Crippen LogP contribution in [0, 0.1) is 12.3 Å². The van der Waals surface area contributed by atoms with Crippen molar-refractivity contribution in [2.45, 2.75) is 95.4 Å². The third-order valence-corrected chi connectivity index (χ3v) is 6.97. The second-order valence-corrected chi connectivity index (χ2v) is 9.72. The number of hydrogen-bond donors (Lipinski definition) is 1. The van der Waals surface area contributed by atoms with Crippen LogP contribution in [-0.2, 0) is 25.2 Å². The first-order valence-corrected chi connectivity index (χ1v) is 13.2. The average molecular weight is 544 g/mol. The van der Waals surface area contributed by atoms with Gasteiger partial charge in [0.15, 0.2) is 0 Å². The second kappa shape index (κ2) is 14.0. The van der Waals surface area contributed by atoms with Gasteiger partial charge in [-0.05, 0) is 32.4 Å². The van der Waals surface area contributed by atoms with Crippen molar-refractivity contribution < 1.29 is 32.2 Å². The molecule has 0 radical (unpaired) electrons. The van der Waals surface area contributed by atoms with Gasteiger partial charge in [-0.15, -0.1) is 6.42 Å². The molecule has 2 saturated heterocycles. The average Bonchev–Trinajstić information content (AvgIpc) is 3.49. The van der Waals surface area contributed by atoms with Gasteiger partial charge >= 0.3 is 17.8 Å². The molecule has 0 aliphatic carbocycles. The number of aromatic nitrogens is 2. The van der Waals surface area contributed by atoms with Crippen LogP contribution in [0.4, 0.5) is 13.2 Å². The van der Waals surface area contributed by atoms with Crippen LogP contribution in [-0.4, -0.2) is 65.0 Å². The number of carbonyl (C=O) groups excluding carboxylic acids is 1. The van der Waals surface area contributed by atoms with Crippen molar-refractivity contribution in [2.24, 2.45) is 0 Å². The van der Waals surface area contributed by atoms with Crippen molar-refractivity contribution in [3.8, 4) is 12.3 Å². The van der Waals surface area contributed by atoms with E-state index in [1.807, 2.05) is 0 Å². The molecule has 2 fully saturated rings. The Bertz CT molecular complexity index is 1080. The molecule has 38 heavy (non-hydrogen) atoms. The minimum atomic E-state index is -4.96. The fourth-order valence-electron chi connectivity index (χ4n) is 4.97. The number of nitrogens with zero attached hydrogens (tertiary/aromatic N) is 2. The molecule has 0 amide bonds. The Kier molecular flexibility index (Phi) is 11.0. The zero-order valence-electron chi connectivity index (χ0n) is 21.6. The van der Waals surface area contributed by atoms with Crippen LogP contribution < -0.4 is 11.2 Å². The van der Waals surface area contributed by atoms with Gasteiger partial charge in [0.05, 0.1) is 6.10 Å². The second-order valence-electron chi connectivity index (χ2n) is 9.72. The SMILES string of the molecule is C#CCO[C@H]1C[C@H](n2cc(C(F)(F)F)c(=O)[nH]c2=O)O[C@@H]1COC(=O)[C@@H]1CCCN1CCCCCCCC. The molecule has 2 aliphatic heterocycles. The maximum Gasteiger partial charge on any atom is 0.423 e. The number of nitrogens with one attached hydrogen (secondary N) is 1. The summed E-state index contributed by atoms with van der Waals surface area (Å²) in [6.07, 6.45) is 6.46. The molecule has 3 heterocycles. The van der Waals surface area contributed by atoms with E-state index < -0.39 is 47.4 Å².